The Balaban J connectivity index is 2.80. The van der Waals surface area contributed by atoms with Crippen LogP contribution in [0.2, 0.25) is 0 Å². The molecular formula is C12H14FNO3S. The van der Waals surface area contributed by atoms with Gasteiger partial charge in [0.25, 0.3) is 0 Å². The number of hydrogen-bond acceptors (Lipinski definition) is 3. The van der Waals surface area contributed by atoms with E-state index in [4.69, 9.17) is 0 Å². The molecule has 0 saturated carbocycles. The first-order chi connectivity index (χ1) is 8.36. The zero-order chi connectivity index (χ0) is 13.8. The molecule has 98 valence electrons. The van der Waals surface area contributed by atoms with E-state index in [-0.39, 0.29) is 11.4 Å². The molecule has 0 aliphatic rings. The molecule has 1 aromatic rings. The highest BCUT2D eigenvalue weighted by Crippen LogP contribution is 2.11. The summed E-state index contributed by atoms with van der Waals surface area (Å²) >= 11 is 0. The van der Waals surface area contributed by atoms with Crippen molar-refractivity contribution in [1.82, 2.24) is 0 Å². The van der Waals surface area contributed by atoms with Crippen molar-refractivity contribution in [2.75, 3.05) is 11.1 Å². The lowest BCUT2D eigenvalue weighted by atomic mass is 10.3. The molecule has 1 atom stereocenters. The monoisotopic (exact) mass is 271 g/mol. The van der Waals surface area contributed by atoms with Crippen molar-refractivity contribution in [3.63, 3.8) is 0 Å². The van der Waals surface area contributed by atoms with Gasteiger partial charge >= 0.3 is 0 Å². The van der Waals surface area contributed by atoms with Crippen molar-refractivity contribution >= 4 is 21.4 Å². The first-order valence-corrected chi connectivity index (χ1v) is 6.97. The Kier molecular flexibility index (Phi) is 4.61. The lowest BCUT2D eigenvalue weighted by Gasteiger charge is -2.12. The Morgan fingerprint density at radius 2 is 2.22 bits per heavy atom. The highest BCUT2D eigenvalue weighted by molar-refractivity contribution is 7.92. The fraction of sp³-hybridized carbons (Fsp3) is 0.250. The molecule has 1 rings (SSSR count). The second-order valence-electron chi connectivity index (χ2n) is 3.76. The Labute approximate surface area is 105 Å². The minimum atomic E-state index is -3.56. The number of amides is 1. The third-order valence-electron chi connectivity index (χ3n) is 2.35. The minimum absolute atomic E-state index is 0.223. The summed E-state index contributed by atoms with van der Waals surface area (Å²) in [5.74, 6) is -1.47. The van der Waals surface area contributed by atoms with Crippen molar-refractivity contribution < 1.29 is 17.6 Å². The average Bonchev–Trinajstić information content (AvgIpc) is 2.27. The van der Waals surface area contributed by atoms with E-state index in [1.807, 2.05) is 0 Å². The lowest BCUT2D eigenvalue weighted by Crippen LogP contribution is -2.33. The smallest absolute Gasteiger partial charge is 0.242 e. The summed E-state index contributed by atoms with van der Waals surface area (Å²) in [6.07, 6.45) is 1.22. The van der Waals surface area contributed by atoms with Crippen LogP contribution in [0.15, 0.2) is 36.9 Å². The van der Waals surface area contributed by atoms with Gasteiger partial charge in [0.2, 0.25) is 5.91 Å². The summed E-state index contributed by atoms with van der Waals surface area (Å²) in [6, 6.07) is 5.25. The Bertz CT molecular complexity index is 554. The molecule has 0 saturated heterocycles. The van der Waals surface area contributed by atoms with Crippen LogP contribution < -0.4 is 5.32 Å². The summed E-state index contributed by atoms with van der Waals surface area (Å²) < 4.78 is 36.1. The van der Waals surface area contributed by atoms with Crippen molar-refractivity contribution in [1.29, 1.82) is 0 Å². The molecule has 0 aliphatic heterocycles. The predicted octanol–water partition coefficient (Wildman–Crippen LogP) is 1.75. The largest absolute Gasteiger partial charge is 0.325 e. The molecule has 0 aliphatic carbocycles. The lowest BCUT2D eigenvalue weighted by molar-refractivity contribution is -0.115. The molecule has 0 radical (unpaired) electrons. The first-order valence-electron chi connectivity index (χ1n) is 5.25. The van der Waals surface area contributed by atoms with E-state index in [2.05, 4.69) is 11.9 Å². The second-order valence-corrected chi connectivity index (χ2v) is 6.13. The van der Waals surface area contributed by atoms with Crippen molar-refractivity contribution in [2.45, 2.75) is 12.2 Å². The van der Waals surface area contributed by atoms with Crippen LogP contribution >= 0.6 is 0 Å². The predicted molar refractivity (Wildman–Crippen MR) is 68.5 cm³/mol. The SMILES string of the molecule is C=CCS(=O)(=O)C(C)C(=O)Nc1cccc(F)c1. The van der Waals surface area contributed by atoms with E-state index in [1.165, 1.54) is 31.2 Å². The van der Waals surface area contributed by atoms with Crippen LogP contribution in [0.1, 0.15) is 6.92 Å². The van der Waals surface area contributed by atoms with Crippen molar-refractivity contribution in [2.24, 2.45) is 0 Å². The minimum Gasteiger partial charge on any atom is -0.325 e. The first kappa shape index (κ1) is 14.4. The molecule has 0 spiro atoms. The van der Waals surface area contributed by atoms with E-state index in [1.54, 1.807) is 0 Å². The molecule has 1 amide bonds. The fourth-order valence-corrected chi connectivity index (χ4v) is 2.28. The molecule has 18 heavy (non-hydrogen) atoms. The molecular weight excluding hydrogens is 257 g/mol. The molecule has 0 heterocycles. The number of carbonyl (C=O) groups excluding carboxylic acids is 1. The van der Waals surface area contributed by atoms with E-state index in [9.17, 15) is 17.6 Å². The number of sulfone groups is 1. The van der Waals surface area contributed by atoms with Crippen LogP contribution in [0.4, 0.5) is 10.1 Å². The maximum Gasteiger partial charge on any atom is 0.242 e. The van der Waals surface area contributed by atoms with Gasteiger partial charge in [-0.2, -0.15) is 0 Å². The molecule has 4 nitrogen and oxygen atoms in total. The van der Waals surface area contributed by atoms with Gasteiger partial charge in [0.1, 0.15) is 11.1 Å². The van der Waals surface area contributed by atoms with Crippen LogP contribution in [0.25, 0.3) is 0 Å². The summed E-state index contributed by atoms with van der Waals surface area (Å²) in [6.45, 7) is 4.61. The maximum absolute atomic E-state index is 12.9. The van der Waals surface area contributed by atoms with Gasteiger partial charge in [0.05, 0.1) is 5.75 Å². The molecule has 0 bridgehead atoms. The third kappa shape index (κ3) is 3.66. The second kappa shape index (κ2) is 5.77. The van der Waals surface area contributed by atoms with Crippen LogP contribution in [0, 0.1) is 5.82 Å². The molecule has 1 N–H and O–H groups in total. The molecule has 1 unspecified atom stereocenters. The molecule has 0 fully saturated rings. The van der Waals surface area contributed by atoms with E-state index >= 15 is 0 Å². The van der Waals surface area contributed by atoms with Crippen LogP contribution in [0.5, 0.6) is 0 Å². The van der Waals surface area contributed by atoms with Gasteiger partial charge in [0.15, 0.2) is 9.84 Å². The van der Waals surface area contributed by atoms with E-state index < -0.39 is 26.8 Å². The summed E-state index contributed by atoms with van der Waals surface area (Å²) in [4.78, 5) is 11.7. The van der Waals surface area contributed by atoms with Crippen LogP contribution in [0.3, 0.4) is 0 Å². The Morgan fingerprint density at radius 1 is 1.56 bits per heavy atom. The number of rotatable bonds is 5. The van der Waals surface area contributed by atoms with E-state index in [0.29, 0.717) is 0 Å². The van der Waals surface area contributed by atoms with Crippen LogP contribution in [-0.4, -0.2) is 25.3 Å². The van der Waals surface area contributed by atoms with Gasteiger partial charge in [-0.05, 0) is 25.1 Å². The normalized spacial score (nSPS) is 12.8. The third-order valence-corrected chi connectivity index (χ3v) is 4.34. The van der Waals surface area contributed by atoms with Crippen LogP contribution in [-0.2, 0) is 14.6 Å². The van der Waals surface area contributed by atoms with Gasteiger partial charge in [0, 0.05) is 5.69 Å². The van der Waals surface area contributed by atoms with Gasteiger partial charge in [-0.1, -0.05) is 12.1 Å². The number of benzene rings is 1. The Hall–Kier alpha value is -1.69. The zero-order valence-corrected chi connectivity index (χ0v) is 10.7. The van der Waals surface area contributed by atoms with Gasteiger partial charge < -0.3 is 5.32 Å². The average molecular weight is 271 g/mol. The molecule has 6 heteroatoms. The topological polar surface area (TPSA) is 63.2 Å². The van der Waals surface area contributed by atoms with Gasteiger partial charge in [-0.3, -0.25) is 4.79 Å². The summed E-state index contributed by atoms with van der Waals surface area (Å²) in [5.41, 5.74) is 0.223. The fourth-order valence-electron chi connectivity index (χ4n) is 1.28. The number of anilines is 1. The van der Waals surface area contributed by atoms with Gasteiger partial charge in [-0.15, -0.1) is 6.58 Å². The number of halogens is 1. The summed E-state index contributed by atoms with van der Waals surface area (Å²) in [5, 5.41) is 1.15. The molecule has 1 aromatic carbocycles. The molecule has 0 aromatic heterocycles. The summed E-state index contributed by atoms with van der Waals surface area (Å²) in [7, 11) is -3.56. The highest BCUT2D eigenvalue weighted by Gasteiger charge is 2.26. The van der Waals surface area contributed by atoms with Crippen molar-refractivity contribution in [3.8, 4) is 0 Å². The number of carbonyl (C=O) groups is 1. The zero-order valence-electron chi connectivity index (χ0n) is 9.89. The highest BCUT2D eigenvalue weighted by atomic mass is 32.2. The number of nitrogens with one attached hydrogen (secondary N) is 1. The van der Waals surface area contributed by atoms with Gasteiger partial charge in [-0.25, -0.2) is 12.8 Å². The quantitative estimate of drug-likeness (QED) is 0.830. The Morgan fingerprint density at radius 3 is 2.78 bits per heavy atom. The number of hydrogen-bond donors (Lipinski definition) is 1. The maximum atomic E-state index is 12.9. The van der Waals surface area contributed by atoms with E-state index in [0.717, 1.165) is 6.07 Å². The standard InChI is InChI=1S/C12H14FNO3S/c1-3-7-18(16,17)9(2)12(15)14-11-6-4-5-10(13)8-11/h3-6,8-9H,1,7H2,2H3,(H,14,15). The van der Waals surface area contributed by atoms with Crippen molar-refractivity contribution in [3.05, 3.63) is 42.7 Å².